The highest BCUT2D eigenvalue weighted by atomic mass is 28.2. The van der Waals surface area contributed by atoms with Crippen LogP contribution in [0.15, 0.2) is 0 Å². The molecular formula is C8H19NOSi. The Bertz CT molecular complexity index is 96.3. The quantitative estimate of drug-likeness (QED) is 0.618. The van der Waals surface area contributed by atoms with Crippen LogP contribution in [0, 0.1) is 0 Å². The molecule has 0 aromatic heterocycles. The highest BCUT2D eigenvalue weighted by molar-refractivity contribution is 6.34. The zero-order valence-electron chi connectivity index (χ0n) is 7.65. The maximum absolute atomic E-state index is 10.1. The Kier molecular flexibility index (Phi) is 7.57. The van der Waals surface area contributed by atoms with Crippen LogP contribution in [0.4, 0.5) is 0 Å². The Hall–Kier alpha value is -0.313. The summed E-state index contributed by atoms with van der Waals surface area (Å²) in [5, 5.41) is 2.68. The van der Waals surface area contributed by atoms with Crippen molar-refractivity contribution in [3.05, 3.63) is 0 Å². The monoisotopic (exact) mass is 173 g/mol. The fourth-order valence-electron chi connectivity index (χ4n) is 0.919. The number of nitrogens with one attached hydrogen (secondary N) is 1. The summed E-state index contributed by atoms with van der Waals surface area (Å²) in [6, 6.07) is 2.97. The third kappa shape index (κ3) is 7.59. The predicted octanol–water partition coefficient (Wildman–Crippen LogP) is 0.928. The average Bonchev–Trinajstić information content (AvgIpc) is 2.43. The van der Waals surface area contributed by atoms with E-state index in [-0.39, 0.29) is 5.91 Å². The normalized spacial score (nSPS) is 15.3. The summed E-state index contributed by atoms with van der Waals surface area (Å²) in [6.45, 7) is 5.43. The van der Waals surface area contributed by atoms with Gasteiger partial charge in [-0.1, -0.05) is 25.9 Å². The van der Waals surface area contributed by atoms with Crippen LogP contribution >= 0.6 is 0 Å². The van der Waals surface area contributed by atoms with Crippen molar-refractivity contribution in [2.45, 2.75) is 38.8 Å². The van der Waals surface area contributed by atoms with Crippen molar-refractivity contribution in [1.82, 2.24) is 5.32 Å². The molecular weight excluding hydrogens is 154 g/mol. The van der Waals surface area contributed by atoms with Gasteiger partial charge < -0.3 is 5.32 Å². The van der Waals surface area contributed by atoms with Crippen LogP contribution in [0.5, 0.6) is 0 Å². The second-order valence-corrected chi connectivity index (χ2v) is 5.51. The molecule has 3 heteroatoms. The summed E-state index contributed by atoms with van der Waals surface area (Å²) in [5.41, 5.74) is 0. The number of amides is 1. The Balaban J connectivity index is 0.000000187. The SMILES string of the molecule is CC[SiH2]CC.O=C1CCCN1. The van der Waals surface area contributed by atoms with E-state index in [0.29, 0.717) is 9.52 Å². The zero-order chi connectivity index (χ0) is 8.53. The van der Waals surface area contributed by atoms with Crippen LogP contribution in [0.2, 0.25) is 12.1 Å². The van der Waals surface area contributed by atoms with E-state index in [2.05, 4.69) is 19.2 Å². The van der Waals surface area contributed by atoms with Gasteiger partial charge in [0.25, 0.3) is 0 Å². The molecule has 0 atom stereocenters. The van der Waals surface area contributed by atoms with Gasteiger partial charge in [0.15, 0.2) is 0 Å². The first-order valence-corrected chi connectivity index (χ1v) is 6.58. The molecule has 0 unspecified atom stereocenters. The molecule has 0 spiro atoms. The van der Waals surface area contributed by atoms with Gasteiger partial charge in [-0.3, -0.25) is 4.79 Å². The molecule has 0 aromatic rings. The molecule has 0 bridgehead atoms. The minimum Gasteiger partial charge on any atom is -0.356 e. The van der Waals surface area contributed by atoms with Crippen molar-refractivity contribution in [2.24, 2.45) is 0 Å². The molecule has 11 heavy (non-hydrogen) atoms. The Morgan fingerprint density at radius 1 is 1.45 bits per heavy atom. The molecule has 1 aliphatic heterocycles. The number of carbonyl (C=O) groups is 1. The molecule has 66 valence electrons. The van der Waals surface area contributed by atoms with Gasteiger partial charge in [0.1, 0.15) is 0 Å². The summed E-state index contributed by atoms with van der Waals surface area (Å²) in [7, 11) is 0.432. The molecule has 1 aliphatic rings. The van der Waals surface area contributed by atoms with E-state index in [0.717, 1.165) is 19.4 Å². The van der Waals surface area contributed by atoms with E-state index in [1.54, 1.807) is 0 Å². The standard InChI is InChI=1S/C4H7NO.C4H12Si/c6-4-2-1-3-5-4;1-3-5-4-2/h1-3H2,(H,5,6);3-5H2,1-2H3. The highest BCUT2D eigenvalue weighted by Crippen LogP contribution is 1.93. The van der Waals surface area contributed by atoms with Crippen LogP contribution in [-0.2, 0) is 4.79 Å². The molecule has 1 heterocycles. The van der Waals surface area contributed by atoms with Gasteiger partial charge in [-0.25, -0.2) is 0 Å². The lowest BCUT2D eigenvalue weighted by Crippen LogP contribution is -2.12. The van der Waals surface area contributed by atoms with Gasteiger partial charge >= 0.3 is 0 Å². The molecule has 0 aliphatic carbocycles. The van der Waals surface area contributed by atoms with Gasteiger partial charge in [-0.15, -0.1) is 0 Å². The van der Waals surface area contributed by atoms with Crippen molar-refractivity contribution in [2.75, 3.05) is 6.54 Å². The summed E-state index contributed by atoms with van der Waals surface area (Å²) in [5.74, 6) is 0.204. The van der Waals surface area contributed by atoms with Crippen LogP contribution in [0.25, 0.3) is 0 Å². The first-order valence-electron chi connectivity index (χ1n) is 4.58. The summed E-state index contributed by atoms with van der Waals surface area (Å²) < 4.78 is 0. The first-order chi connectivity index (χ1) is 5.31. The number of carbonyl (C=O) groups excluding carboxylic acids is 1. The predicted molar refractivity (Wildman–Crippen MR) is 51.7 cm³/mol. The van der Waals surface area contributed by atoms with Crippen LogP contribution in [-0.4, -0.2) is 22.0 Å². The lowest BCUT2D eigenvalue weighted by Gasteiger charge is -1.80. The zero-order valence-corrected chi connectivity index (χ0v) is 9.07. The maximum atomic E-state index is 10.1. The number of hydrogen-bond acceptors (Lipinski definition) is 1. The fraction of sp³-hybridized carbons (Fsp3) is 0.875. The van der Waals surface area contributed by atoms with E-state index in [1.165, 1.54) is 12.1 Å². The molecule has 1 fully saturated rings. The van der Waals surface area contributed by atoms with Crippen molar-refractivity contribution in [3.8, 4) is 0 Å². The van der Waals surface area contributed by atoms with E-state index in [4.69, 9.17) is 0 Å². The van der Waals surface area contributed by atoms with E-state index >= 15 is 0 Å². The Morgan fingerprint density at radius 2 is 2.09 bits per heavy atom. The third-order valence-electron chi connectivity index (χ3n) is 1.61. The molecule has 1 amide bonds. The van der Waals surface area contributed by atoms with Crippen molar-refractivity contribution in [3.63, 3.8) is 0 Å². The molecule has 0 aromatic carbocycles. The van der Waals surface area contributed by atoms with Crippen LogP contribution in [0.1, 0.15) is 26.7 Å². The minimum atomic E-state index is 0.204. The molecule has 0 radical (unpaired) electrons. The lowest BCUT2D eigenvalue weighted by atomic mass is 10.4. The van der Waals surface area contributed by atoms with Crippen LogP contribution < -0.4 is 5.32 Å². The highest BCUT2D eigenvalue weighted by Gasteiger charge is 2.05. The number of hydrogen-bond donors (Lipinski definition) is 1. The van der Waals surface area contributed by atoms with E-state index < -0.39 is 0 Å². The topological polar surface area (TPSA) is 29.1 Å². The van der Waals surface area contributed by atoms with Gasteiger partial charge in [-0.05, 0) is 6.42 Å². The maximum Gasteiger partial charge on any atom is 0.220 e. The average molecular weight is 173 g/mol. The summed E-state index contributed by atoms with van der Waals surface area (Å²) in [6.07, 6.45) is 1.76. The largest absolute Gasteiger partial charge is 0.356 e. The van der Waals surface area contributed by atoms with Crippen molar-refractivity contribution < 1.29 is 4.79 Å². The van der Waals surface area contributed by atoms with Crippen molar-refractivity contribution in [1.29, 1.82) is 0 Å². The van der Waals surface area contributed by atoms with Crippen LogP contribution in [0.3, 0.4) is 0 Å². The third-order valence-corrected chi connectivity index (χ3v) is 3.02. The molecule has 1 N–H and O–H groups in total. The van der Waals surface area contributed by atoms with E-state index in [9.17, 15) is 4.79 Å². The minimum absolute atomic E-state index is 0.204. The first kappa shape index (κ1) is 10.7. The lowest BCUT2D eigenvalue weighted by molar-refractivity contribution is -0.119. The summed E-state index contributed by atoms with van der Waals surface area (Å²) in [4.78, 5) is 10.1. The Labute approximate surface area is 71.6 Å². The fourth-order valence-corrected chi connectivity index (χ4v) is 1.63. The second-order valence-electron chi connectivity index (χ2n) is 2.81. The van der Waals surface area contributed by atoms with Crippen molar-refractivity contribution >= 4 is 15.4 Å². The summed E-state index contributed by atoms with van der Waals surface area (Å²) >= 11 is 0. The molecule has 1 saturated heterocycles. The van der Waals surface area contributed by atoms with Gasteiger partial charge in [-0.2, -0.15) is 0 Å². The molecule has 0 saturated carbocycles. The van der Waals surface area contributed by atoms with Gasteiger partial charge in [0.2, 0.25) is 5.91 Å². The second kappa shape index (κ2) is 7.79. The van der Waals surface area contributed by atoms with Gasteiger partial charge in [0, 0.05) is 22.5 Å². The van der Waals surface area contributed by atoms with Gasteiger partial charge in [0.05, 0.1) is 0 Å². The smallest absolute Gasteiger partial charge is 0.220 e. The number of rotatable bonds is 2. The Morgan fingerprint density at radius 3 is 2.18 bits per heavy atom. The molecule has 1 rings (SSSR count). The molecule has 2 nitrogen and oxygen atoms in total. The van der Waals surface area contributed by atoms with E-state index in [1.807, 2.05) is 0 Å².